The SMILES string of the molecule is CCN(C(C)=O)c1nc(/C=C(\C#N)C(=O)Nc2ccc(SC(F)F)cc2)cs1. The summed E-state index contributed by atoms with van der Waals surface area (Å²) in [5.41, 5.74) is 0.585. The average Bonchev–Trinajstić information content (AvgIpc) is 3.09. The van der Waals surface area contributed by atoms with Crippen molar-refractivity contribution in [3.05, 3.63) is 40.9 Å². The molecule has 1 heterocycles. The number of nitrogens with zero attached hydrogens (tertiary/aromatic N) is 3. The van der Waals surface area contributed by atoms with Gasteiger partial charge in [0.05, 0.1) is 5.69 Å². The lowest BCUT2D eigenvalue weighted by Crippen LogP contribution is -2.27. The summed E-state index contributed by atoms with van der Waals surface area (Å²) in [7, 11) is 0. The molecule has 2 aromatic rings. The number of carbonyl (C=O) groups excluding carboxylic acids is 2. The van der Waals surface area contributed by atoms with Gasteiger partial charge in [0.15, 0.2) is 5.13 Å². The van der Waals surface area contributed by atoms with E-state index >= 15 is 0 Å². The van der Waals surface area contributed by atoms with Crippen LogP contribution in [0.1, 0.15) is 19.5 Å². The zero-order valence-electron chi connectivity index (χ0n) is 15.0. The van der Waals surface area contributed by atoms with Crippen molar-refractivity contribution in [1.29, 1.82) is 5.26 Å². The minimum Gasteiger partial charge on any atom is -0.321 e. The lowest BCUT2D eigenvalue weighted by Gasteiger charge is -2.14. The van der Waals surface area contributed by atoms with Crippen LogP contribution < -0.4 is 10.2 Å². The van der Waals surface area contributed by atoms with Crippen LogP contribution in [0, 0.1) is 11.3 Å². The Morgan fingerprint density at radius 3 is 2.61 bits per heavy atom. The van der Waals surface area contributed by atoms with Crippen molar-refractivity contribution in [2.75, 3.05) is 16.8 Å². The van der Waals surface area contributed by atoms with Crippen LogP contribution in [-0.2, 0) is 9.59 Å². The summed E-state index contributed by atoms with van der Waals surface area (Å²) >= 11 is 1.63. The molecule has 2 rings (SSSR count). The lowest BCUT2D eigenvalue weighted by atomic mass is 10.2. The average molecular weight is 422 g/mol. The number of hydrogen-bond acceptors (Lipinski definition) is 6. The number of halogens is 2. The van der Waals surface area contributed by atoms with E-state index in [-0.39, 0.29) is 11.5 Å². The second kappa shape index (κ2) is 9.96. The highest BCUT2D eigenvalue weighted by molar-refractivity contribution is 7.99. The Morgan fingerprint density at radius 2 is 2.07 bits per heavy atom. The normalized spacial score (nSPS) is 11.2. The number of aromatic nitrogens is 1. The Labute approximate surface area is 168 Å². The van der Waals surface area contributed by atoms with E-state index in [1.165, 1.54) is 53.5 Å². The van der Waals surface area contributed by atoms with Crippen molar-refractivity contribution >= 4 is 51.8 Å². The molecule has 0 unspecified atom stereocenters. The highest BCUT2D eigenvalue weighted by atomic mass is 32.2. The molecule has 0 saturated heterocycles. The summed E-state index contributed by atoms with van der Waals surface area (Å²) < 4.78 is 24.7. The Hall–Kier alpha value is -2.77. The maximum Gasteiger partial charge on any atom is 0.288 e. The minimum atomic E-state index is -2.52. The molecule has 0 fully saturated rings. The van der Waals surface area contributed by atoms with Gasteiger partial charge in [-0.3, -0.25) is 14.5 Å². The zero-order valence-corrected chi connectivity index (χ0v) is 16.6. The van der Waals surface area contributed by atoms with E-state index in [0.29, 0.717) is 39.7 Å². The van der Waals surface area contributed by atoms with Gasteiger partial charge >= 0.3 is 0 Å². The number of benzene rings is 1. The second-order valence-corrected chi connectivity index (χ2v) is 7.25. The lowest BCUT2D eigenvalue weighted by molar-refractivity contribution is -0.116. The minimum absolute atomic E-state index is 0.154. The van der Waals surface area contributed by atoms with E-state index < -0.39 is 11.7 Å². The van der Waals surface area contributed by atoms with Crippen LogP contribution >= 0.6 is 23.1 Å². The van der Waals surface area contributed by atoms with E-state index in [1.54, 1.807) is 5.38 Å². The van der Waals surface area contributed by atoms with Crippen molar-refractivity contribution in [3.8, 4) is 6.07 Å². The number of carbonyl (C=O) groups is 2. The fraction of sp³-hybridized carbons (Fsp3) is 0.222. The van der Waals surface area contributed by atoms with Crippen molar-refractivity contribution in [1.82, 2.24) is 4.98 Å². The molecule has 1 N–H and O–H groups in total. The zero-order chi connectivity index (χ0) is 20.7. The van der Waals surface area contributed by atoms with Gasteiger partial charge in [-0.2, -0.15) is 14.0 Å². The van der Waals surface area contributed by atoms with E-state index in [0.717, 1.165) is 0 Å². The van der Waals surface area contributed by atoms with Gasteiger partial charge < -0.3 is 5.32 Å². The van der Waals surface area contributed by atoms with Crippen LogP contribution in [-0.4, -0.2) is 29.1 Å². The van der Waals surface area contributed by atoms with E-state index in [4.69, 9.17) is 0 Å². The molecule has 0 atom stereocenters. The van der Waals surface area contributed by atoms with Crippen LogP contribution in [0.5, 0.6) is 0 Å². The Kier molecular flexibility index (Phi) is 7.66. The molecule has 146 valence electrons. The largest absolute Gasteiger partial charge is 0.321 e. The molecule has 0 saturated carbocycles. The monoisotopic (exact) mass is 422 g/mol. The molecule has 6 nitrogen and oxygen atoms in total. The molecular formula is C18H16F2N4O2S2. The summed E-state index contributed by atoms with van der Waals surface area (Å²) in [6.45, 7) is 3.70. The predicted molar refractivity (Wildman–Crippen MR) is 106 cm³/mol. The summed E-state index contributed by atoms with van der Waals surface area (Å²) in [4.78, 5) is 30.0. The van der Waals surface area contributed by atoms with E-state index in [2.05, 4.69) is 10.3 Å². The Balaban J connectivity index is 2.12. The number of alkyl halides is 2. The third-order valence-electron chi connectivity index (χ3n) is 3.43. The molecular weight excluding hydrogens is 406 g/mol. The number of thiazole rings is 1. The number of hydrogen-bond donors (Lipinski definition) is 1. The molecule has 10 heteroatoms. The van der Waals surface area contributed by atoms with Crippen LogP contribution in [0.2, 0.25) is 0 Å². The standard InChI is InChI=1S/C18H16F2N4O2S2/c1-3-24(11(2)25)18-23-14(10-27-18)8-12(9-21)16(26)22-13-4-6-15(7-5-13)28-17(19)20/h4-8,10,17H,3H2,1-2H3,(H,22,26)/b12-8+. The molecule has 2 amide bonds. The smallest absolute Gasteiger partial charge is 0.288 e. The first-order chi connectivity index (χ1) is 13.3. The van der Waals surface area contributed by atoms with Crippen molar-refractivity contribution in [2.24, 2.45) is 0 Å². The molecule has 1 aromatic heterocycles. The molecule has 0 aliphatic carbocycles. The van der Waals surface area contributed by atoms with Gasteiger partial charge in [-0.15, -0.1) is 11.3 Å². The summed E-state index contributed by atoms with van der Waals surface area (Å²) in [5.74, 6) is -3.33. The van der Waals surface area contributed by atoms with Gasteiger partial charge in [0, 0.05) is 29.4 Å². The van der Waals surface area contributed by atoms with Crippen LogP contribution in [0.25, 0.3) is 6.08 Å². The number of anilines is 2. The fourth-order valence-corrected chi connectivity index (χ4v) is 3.56. The van der Waals surface area contributed by atoms with Gasteiger partial charge in [-0.25, -0.2) is 4.98 Å². The first kappa shape index (κ1) is 21.5. The fourth-order valence-electron chi connectivity index (χ4n) is 2.17. The van der Waals surface area contributed by atoms with Gasteiger partial charge in [0.2, 0.25) is 5.91 Å². The molecule has 0 bridgehead atoms. The topological polar surface area (TPSA) is 86.1 Å². The van der Waals surface area contributed by atoms with Crippen LogP contribution in [0.15, 0.2) is 40.1 Å². The first-order valence-electron chi connectivity index (χ1n) is 8.05. The van der Waals surface area contributed by atoms with Gasteiger partial charge in [0.25, 0.3) is 11.7 Å². The molecule has 0 aliphatic rings. The Morgan fingerprint density at radius 1 is 1.39 bits per heavy atom. The Bertz CT molecular complexity index is 920. The third kappa shape index (κ3) is 5.87. The van der Waals surface area contributed by atoms with Crippen LogP contribution in [0.4, 0.5) is 19.6 Å². The summed E-state index contributed by atoms with van der Waals surface area (Å²) in [6.07, 6.45) is 1.32. The summed E-state index contributed by atoms with van der Waals surface area (Å²) in [5, 5.41) is 13.9. The number of thioether (sulfide) groups is 1. The molecule has 0 spiro atoms. The highest BCUT2D eigenvalue weighted by Crippen LogP contribution is 2.26. The third-order valence-corrected chi connectivity index (χ3v) is 5.04. The van der Waals surface area contributed by atoms with Crippen molar-refractivity contribution in [2.45, 2.75) is 24.5 Å². The second-order valence-electron chi connectivity index (χ2n) is 5.35. The number of amides is 2. The van der Waals surface area contributed by atoms with E-state index in [9.17, 15) is 23.6 Å². The molecule has 1 aromatic carbocycles. The quantitative estimate of drug-likeness (QED) is 0.407. The highest BCUT2D eigenvalue weighted by Gasteiger charge is 2.15. The van der Waals surface area contributed by atoms with Crippen molar-refractivity contribution in [3.63, 3.8) is 0 Å². The van der Waals surface area contributed by atoms with Crippen LogP contribution in [0.3, 0.4) is 0 Å². The summed E-state index contributed by atoms with van der Waals surface area (Å²) in [6, 6.07) is 7.68. The number of nitriles is 1. The first-order valence-corrected chi connectivity index (χ1v) is 9.81. The van der Waals surface area contributed by atoms with Crippen molar-refractivity contribution < 1.29 is 18.4 Å². The number of rotatable bonds is 7. The van der Waals surface area contributed by atoms with Gasteiger partial charge in [-0.05, 0) is 37.3 Å². The molecule has 28 heavy (non-hydrogen) atoms. The van der Waals surface area contributed by atoms with Gasteiger partial charge in [0.1, 0.15) is 11.6 Å². The maximum absolute atomic E-state index is 12.3. The van der Waals surface area contributed by atoms with Gasteiger partial charge in [-0.1, -0.05) is 11.8 Å². The number of nitrogens with one attached hydrogen (secondary N) is 1. The maximum atomic E-state index is 12.3. The molecule has 0 aliphatic heterocycles. The predicted octanol–water partition coefficient (Wildman–Crippen LogP) is 4.38. The van der Waals surface area contributed by atoms with E-state index in [1.807, 2.05) is 13.0 Å². The molecule has 0 radical (unpaired) electrons.